The van der Waals surface area contributed by atoms with Crippen LogP contribution in [-0.4, -0.2) is 33.4 Å². The van der Waals surface area contributed by atoms with Crippen molar-refractivity contribution >= 4 is 11.6 Å². The summed E-state index contributed by atoms with van der Waals surface area (Å²) in [5.74, 6) is 1.93. The van der Waals surface area contributed by atoms with Crippen molar-refractivity contribution in [3.63, 3.8) is 0 Å². The molecule has 0 N–H and O–H groups in total. The van der Waals surface area contributed by atoms with Gasteiger partial charge in [0.25, 0.3) is 5.69 Å². The Morgan fingerprint density at radius 3 is 2.41 bits per heavy atom. The van der Waals surface area contributed by atoms with Crippen LogP contribution in [0.5, 0.6) is 11.6 Å². The van der Waals surface area contributed by atoms with E-state index in [1.165, 1.54) is 5.56 Å². The van der Waals surface area contributed by atoms with Crippen LogP contribution in [0.4, 0.5) is 11.6 Å². The lowest BCUT2D eigenvalue weighted by atomic mass is 10.1. The molecule has 4 aromatic rings. The zero-order valence-electron chi connectivity index (χ0n) is 21.0. The maximum Gasteiger partial charge on any atom is 0.269 e. The van der Waals surface area contributed by atoms with Gasteiger partial charge in [-0.05, 0) is 30.2 Å². The molecule has 0 fully saturated rings. The molecule has 1 aliphatic heterocycles. The fourth-order valence-corrected chi connectivity index (χ4v) is 4.44. The molecule has 0 unspecified atom stereocenters. The van der Waals surface area contributed by atoms with Crippen molar-refractivity contribution in [2.45, 2.75) is 33.0 Å². The van der Waals surface area contributed by atoms with Crippen LogP contribution < -0.4 is 9.64 Å². The van der Waals surface area contributed by atoms with Gasteiger partial charge >= 0.3 is 0 Å². The molecule has 0 radical (unpaired) electrons. The fraction of sp³-hybridized carbons (Fsp3) is 0.241. The molecule has 0 saturated carbocycles. The molecule has 1 aromatic heterocycles. The van der Waals surface area contributed by atoms with E-state index in [0.29, 0.717) is 31.5 Å². The largest absolute Gasteiger partial charge is 0.439 e. The van der Waals surface area contributed by atoms with Crippen LogP contribution >= 0.6 is 0 Å². The van der Waals surface area contributed by atoms with Crippen LogP contribution in [0.1, 0.15) is 27.9 Å². The SMILES string of the molecule is Cc1ccc(Oc2nc(N(C)Cc3ccccc3)nc3c2CN(Cc2ccc([N+](=O)[O-])cc2)CC3)cc1. The van der Waals surface area contributed by atoms with Gasteiger partial charge in [-0.1, -0.05) is 60.2 Å². The average molecular weight is 496 g/mol. The maximum atomic E-state index is 11.0. The molecule has 3 aromatic carbocycles. The molecule has 0 aliphatic carbocycles. The zero-order valence-corrected chi connectivity index (χ0v) is 21.0. The molecule has 0 saturated heterocycles. The second-order valence-electron chi connectivity index (χ2n) is 9.39. The summed E-state index contributed by atoms with van der Waals surface area (Å²) in [5, 5.41) is 11.0. The van der Waals surface area contributed by atoms with Crippen LogP contribution in [0.15, 0.2) is 78.9 Å². The van der Waals surface area contributed by atoms with Crippen LogP contribution in [-0.2, 0) is 26.1 Å². The second-order valence-corrected chi connectivity index (χ2v) is 9.39. The van der Waals surface area contributed by atoms with Gasteiger partial charge in [-0.2, -0.15) is 4.98 Å². The van der Waals surface area contributed by atoms with Crippen molar-refractivity contribution in [3.8, 4) is 11.6 Å². The minimum atomic E-state index is -0.376. The second kappa shape index (κ2) is 10.8. The summed E-state index contributed by atoms with van der Waals surface area (Å²) in [6.07, 6.45) is 0.765. The summed E-state index contributed by atoms with van der Waals surface area (Å²) in [6.45, 7) is 4.87. The Labute approximate surface area is 216 Å². The van der Waals surface area contributed by atoms with Gasteiger partial charge < -0.3 is 9.64 Å². The highest BCUT2D eigenvalue weighted by Crippen LogP contribution is 2.32. The Hall–Kier alpha value is -4.30. The number of hydrogen-bond donors (Lipinski definition) is 0. The number of non-ortho nitro benzene ring substituents is 1. The van der Waals surface area contributed by atoms with Crippen LogP contribution in [0.2, 0.25) is 0 Å². The first-order chi connectivity index (χ1) is 17.9. The number of benzene rings is 3. The quantitative estimate of drug-likeness (QED) is 0.230. The minimum absolute atomic E-state index is 0.0991. The minimum Gasteiger partial charge on any atom is -0.439 e. The fourth-order valence-electron chi connectivity index (χ4n) is 4.44. The number of ether oxygens (including phenoxy) is 1. The molecule has 188 valence electrons. The number of aromatic nitrogens is 2. The lowest BCUT2D eigenvalue weighted by Crippen LogP contribution is -2.32. The van der Waals surface area contributed by atoms with Gasteiger partial charge in [0.2, 0.25) is 11.8 Å². The van der Waals surface area contributed by atoms with E-state index < -0.39 is 0 Å². The van der Waals surface area contributed by atoms with Gasteiger partial charge in [0.1, 0.15) is 5.75 Å². The topological polar surface area (TPSA) is 84.6 Å². The molecule has 0 bridgehead atoms. The Morgan fingerprint density at radius 2 is 1.70 bits per heavy atom. The molecule has 8 heteroatoms. The van der Waals surface area contributed by atoms with Crippen molar-refractivity contribution in [3.05, 3.63) is 117 Å². The predicted octanol–water partition coefficient (Wildman–Crippen LogP) is 5.68. The highest BCUT2D eigenvalue weighted by atomic mass is 16.6. The van der Waals surface area contributed by atoms with Crippen LogP contribution in [0.3, 0.4) is 0 Å². The summed E-state index contributed by atoms with van der Waals surface area (Å²) in [4.78, 5) is 24.7. The Morgan fingerprint density at radius 1 is 0.973 bits per heavy atom. The Kier molecular flexibility index (Phi) is 7.09. The molecule has 0 amide bonds. The first kappa shape index (κ1) is 24.4. The number of anilines is 1. The molecule has 1 aliphatic rings. The predicted molar refractivity (Wildman–Crippen MR) is 143 cm³/mol. The Balaban J connectivity index is 1.41. The molecular weight excluding hydrogens is 466 g/mol. The number of aryl methyl sites for hydroxylation is 1. The third-order valence-electron chi connectivity index (χ3n) is 6.48. The van der Waals surface area contributed by atoms with Gasteiger partial charge in [-0.3, -0.25) is 15.0 Å². The van der Waals surface area contributed by atoms with Crippen molar-refractivity contribution < 1.29 is 9.66 Å². The summed E-state index contributed by atoms with van der Waals surface area (Å²) in [7, 11) is 1.99. The Bertz CT molecular complexity index is 1380. The molecule has 2 heterocycles. The third kappa shape index (κ3) is 5.92. The highest BCUT2D eigenvalue weighted by Gasteiger charge is 2.25. The lowest BCUT2D eigenvalue weighted by molar-refractivity contribution is -0.384. The number of nitro benzene ring substituents is 1. The maximum absolute atomic E-state index is 11.0. The number of nitro groups is 1. The van der Waals surface area contributed by atoms with E-state index in [0.717, 1.165) is 41.1 Å². The van der Waals surface area contributed by atoms with Crippen LogP contribution in [0.25, 0.3) is 0 Å². The normalized spacial score (nSPS) is 13.1. The van der Waals surface area contributed by atoms with Crippen molar-refractivity contribution in [2.24, 2.45) is 0 Å². The standard InChI is InChI=1S/C29H29N5O3/c1-21-8-14-25(15-9-21)37-28-26-20-33(19-23-10-12-24(13-11-23)34(35)36)17-16-27(26)30-29(31-28)32(2)18-22-6-4-3-5-7-22/h3-15H,16-20H2,1-2H3. The summed E-state index contributed by atoms with van der Waals surface area (Å²) >= 11 is 0. The van der Waals surface area contributed by atoms with E-state index in [9.17, 15) is 10.1 Å². The third-order valence-corrected chi connectivity index (χ3v) is 6.48. The van der Waals surface area contributed by atoms with Crippen molar-refractivity contribution in [2.75, 3.05) is 18.5 Å². The van der Waals surface area contributed by atoms with Crippen molar-refractivity contribution in [1.29, 1.82) is 0 Å². The number of fused-ring (bicyclic) bond motifs is 1. The van der Waals surface area contributed by atoms with E-state index in [2.05, 4.69) is 17.0 Å². The van der Waals surface area contributed by atoms with Gasteiger partial charge in [0, 0.05) is 51.8 Å². The number of hydrogen-bond acceptors (Lipinski definition) is 7. The summed E-state index contributed by atoms with van der Waals surface area (Å²) in [6, 6.07) is 24.9. The number of rotatable bonds is 8. The molecule has 0 spiro atoms. The highest BCUT2D eigenvalue weighted by molar-refractivity contribution is 5.44. The summed E-state index contributed by atoms with van der Waals surface area (Å²) in [5.41, 5.74) is 5.44. The van der Waals surface area contributed by atoms with Gasteiger partial charge in [-0.25, -0.2) is 4.98 Å². The van der Waals surface area contributed by atoms with E-state index in [1.54, 1.807) is 12.1 Å². The van der Waals surface area contributed by atoms with E-state index >= 15 is 0 Å². The molecule has 0 atom stereocenters. The smallest absolute Gasteiger partial charge is 0.269 e. The van der Waals surface area contributed by atoms with Gasteiger partial charge in [0.15, 0.2) is 0 Å². The molecule has 5 rings (SSSR count). The van der Waals surface area contributed by atoms with Crippen molar-refractivity contribution in [1.82, 2.24) is 14.9 Å². The van der Waals surface area contributed by atoms with E-state index in [1.807, 2.05) is 73.5 Å². The molecule has 8 nitrogen and oxygen atoms in total. The molecule has 37 heavy (non-hydrogen) atoms. The number of nitrogens with zero attached hydrogens (tertiary/aromatic N) is 5. The first-order valence-electron chi connectivity index (χ1n) is 12.3. The zero-order chi connectivity index (χ0) is 25.8. The lowest BCUT2D eigenvalue weighted by Gasteiger charge is -2.30. The van der Waals surface area contributed by atoms with E-state index in [4.69, 9.17) is 14.7 Å². The van der Waals surface area contributed by atoms with Gasteiger partial charge in [0.05, 0.1) is 16.2 Å². The summed E-state index contributed by atoms with van der Waals surface area (Å²) < 4.78 is 6.33. The van der Waals surface area contributed by atoms with E-state index in [-0.39, 0.29) is 10.6 Å². The average Bonchev–Trinajstić information content (AvgIpc) is 2.91. The monoisotopic (exact) mass is 495 g/mol. The molecular formula is C29H29N5O3. The van der Waals surface area contributed by atoms with Gasteiger partial charge in [-0.15, -0.1) is 0 Å². The van der Waals surface area contributed by atoms with Crippen LogP contribution in [0, 0.1) is 17.0 Å². The first-order valence-corrected chi connectivity index (χ1v) is 12.3.